The van der Waals surface area contributed by atoms with Crippen LogP contribution in [0.4, 0.5) is 0 Å². The number of nitrogens with one attached hydrogen (secondary N) is 1. The van der Waals surface area contributed by atoms with Gasteiger partial charge in [-0.1, -0.05) is 48.3 Å². The maximum Gasteiger partial charge on any atom is 0.305 e. The van der Waals surface area contributed by atoms with Crippen molar-refractivity contribution in [3.8, 4) is 0 Å². The number of aliphatic carboxylic acids is 1. The SMILES string of the molecule is CCCC(CC(=O)O)NC(=O)CC(C)c1ccc(Br)cc1. The molecule has 5 heteroatoms. The van der Waals surface area contributed by atoms with E-state index in [9.17, 15) is 9.59 Å². The molecule has 0 fully saturated rings. The fourth-order valence-corrected chi connectivity index (χ4v) is 2.52. The van der Waals surface area contributed by atoms with Crippen molar-refractivity contribution in [1.82, 2.24) is 5.32 Å². The van der Waals surface area contributed by atoms with Crippen molar-refractivity contribution in [3.63, 3.8) is 0 Å². The smallest absolute Gasteiger partial charge is 0.305 e. The maximum absolute atomic E-state index is 12.0. The molecule has 0 bridgehead atoms. The first kappa shape index (κ1) is 17.7. The minimum absolute atomic E-state index is 0.0216. The van der Waals surface area contributed by atoms with Gasteiger partial charge >= 0.3 is 5.97 Å². The van der Waals surface area contributed by atoms with E-state index in [0.717, 1.165) is 16.5 Å². The largest absolute Gasteiger partial charge is 0.481 e. The highest BCUT2D eigenvalue weighted by molar-refractivity contribution is 9.10. The van der Waals surface area contributed by atoms with E-state index in [4.69, 9.17) is 5.11 Å². The predicted octanol–water partition coefficient (Wildman–Crippen LogP) is 3.70. The molecule has 2 unspecified atom stereocenters. The Hall–Kier alpha value is -1.36. The van der Waals surface area contributed by atoms with E-state index in [-0.39, 0.29) is 24.3 Å². The van der Waals surface area contributed by atoms with Gasteiger partial charge in [-0.05, 0) is 30.0 Å². The van der Waals surface area contributed by atoms with E-state index >= 15 is 0 Å². The average molecular weight is 356 g/mol. The van der Waals surface area contributed by atoms with Crippen LogP contribution in [0.2, 0.25) is 0 Å². The lowest BCUT2D eigenvalue weighted by Crippen LogP contribution is -2.36. The number of carboxylic acids is 1. The molecule has 1 rings (SSSR count). The monoisotopic (exact) mass is 355 g/mol. The highest BCUT2D eigenvalue weighted by atomic mass is 79.9. The van der Waals surface area contributed by atoms with Crippen LogP contribution in [0.3, 0.4) is 0 Å². The summed E-state index contributed by atoms with van der Waals surface area (Å²) >= 11 is 3.38. The third-order valence-electron chi connectivity index (χ3n) is 3.35. The molecule has 0 saturated carbocycles. The van der Waals surface area contributed by atoms with Crippen LogP contribution in [0.15, 0.2) is 28.7 Å². The van der Waals surface area contributed by atoms with Gasteiger partial charge in [0, 0.05) is 16.9 Å². The molecular formula is C16H22BrNO3. The minimum Gasteiger partial charge on any atom is -0.481 e. The van der Waals surface area contributed by atoms with Gasteiger partial charge in [0.1, 0.15) is 0 Å². The van der Waals surface area contributed by atoms with Gasteiger partial charge in [0.25, 0.3) is 0 Å². The number of halogens is 1. The Balaban J connectivity index is 2.54. The van der Waals surface area contributed by atoms with Gasteiger partial charge in [-0.2, -0.15) is 0 Å². The van der Waals surface area contributed by atoms with Gasteiger partial charge in [-0.15, -0.1) is 0 Å². The summed E-state index contributed by atoms with van der Waals surface area (Å²) in [5, 5.41) is 11.7. The van der Waals surface area contributed by atoms with Crippen molar-refractivity contribution >= 4 is 27.8 Å². The van der Waals surface area contributed by atoms with Crippen molar-refractivity contribution in [2.75, 3.05) is 0 Å². The molecule has 0 heterocycles. The minimum atomic E-state index is -0.880. The molecule has 21 heavy (non-hydrogen) atoms. The number of carbonyl (C=O) groups excluding carboxylic acids is 1. The number of carboxylic acid groups (broad SMARTS) is 1. The van der Waals surface area contributed by atoms with E-state index in [1.807, 2.05) is 38.1 Å². The van der Waals surface area contributed by atoms with Crippen molar-refractivity contribution in [2.45, 2.75) is 51.5 Å². The third kappa shape index (κ3) is 6.76. The first-order valence-electron chi connectivity index (χ1n) is 7.19. The number of benzene rings is 1. The topological polar surface area (TPSA) is 66.4 Å². The molecule has 4 nitrogen and oxygen atoms in total. The first-order chi connectivity index (χ1) is 9.92. The van der Waals surface area contributed by atoms with Gasteiger partial charge in [0.15, 0.2) is 0 Å². The molecule has 1 aromatic carbocycles. The summed E-state index contributed by atoms with van der Waals surface area (Å²) in [6.45, 7) is 3.97. The van der Waals surface area contributed by atoms with Crippen LogP contribution < -0.4 is 5.32 Å². The Morgan fingerprint density at radius 3 is 2.38 bits per heavy atom. The molecule has 0 aliphatic heterocycles. The second kappa shape index (κ2) is 8.82. The third-order valence-corrected chi connectivity index (χ3v) is 3.88. The molecule has 0 aliphatic rings. The van der Waals surface area contributed by atoms with Gasteiger partial charge in [0.2, 0.25) is 5.91 Å². The summed E-state index contributed by atoms with van der Waals surface area (Å²) in [5.41, 5.74) is 1.10. The lowest BCUT2D eigenvalue weighted by Gasteiger charge is -2.18. The summed E-state index contributed by atoms with van der Waals surface area (Å²) in [6.07, 6.45) is 1.87. The van der Waals surface area contributed by atoms with Crippen LogP contribution in [0, 0.1) is 0 Å². The number of carbonyl (C=O) groups is 2. The molecule has 2 N–H and O–H groups in total. The summed E-state index contributed by atoms with van der Waals surface area (Å²) in [7, 11) is 0. The summed E-state index contributed by atoms with van der Waals surface area (Å²) < 4.78 is 1.01. The van der Waals surface area contributed by atoms with Crippen LogP contribution in [0.1, 0.15) is 51.0 Å². The summed E-state index contributed by atoms with van der Waals surface area (Å²) in [6, 6.07) is 7.60. The Morgan fingerprint density at radius 1 is 1.24 bits per heavy atom. The molecule has 0 aromatic heterocycles. The van der Waals surface area contributed by atoms with Gasteiger partial charge in [-0.25, -0.2) is 0 Å². The van der Waals surface area contributed by atoms with E-state index in [0.29, 0.717) is 12.8 Å². The van der Waals surface area contributed by atoms with E-state index in [1.165, 1.54) is 0 Å². The van der Waals surface area contributed by atoms with E-state index in [2.05, 4.69) is 21.2 Å². The first-order valence-corrected chi connectivity index (χ1v) is 7.98. The molecule has 2 atom stereocenters. The number of rotatable bonds is 8. The Labute approximate surface area is 134 Å². The molecule has 116 valence electrons. The lowest BCUT2D eigenvalue weighted by atomic mass is 9.97. The molecule has 0 aliphatic carbocycles. The fraction of sp³-hybridized carbons (Fsp3) is 0.500. The van der Waals surface area contributed by atoms with Crippen LogP contribution in [-0.2, 0) is 9.59 Å². The normalized spacial score (nSPS) is 13.5. The Kier molecular flexibility index (Phi) is 7.43. The Morgan fingerprint density at radius 2 is 1.86 bits per heavy atom. The van der Waals surface area contributed by atoms with E-state index in [1.54, 1.807) is 0 Å². The van der Waals surface area contributed by atoms with Crippen molar-refractivity contribution in [2.24, 2.45) is 0 Å². The molecule has 0 radical (unpaired) electrons. The van der Waals surface area contributed by atoms with Crippen LogP contribution >= 0.6 is 15.9 Å². The van der Waals surface area contributed by atoms with Crippen LogP contribution in [0.25, 0.3) is 0 Å². The molecule has 0 spiro atoms. The van der Waals surface area contributed by atoms with Gasteiger partial charge < -0.3 is 10.4 Å². The number of hydrogen-bond acceptors (Lipinski definition) is 2. The second-order valence-corrected chi connectivity index (χ2v) is 6.22. The highest BCUT2D eigenvalue weighted by Gasteiger charge is 2.17. The molecular weight excluding hydrogens is 334 g/mol. The average Bonchev–Trinajstić information content (AvgIpc) is 2.38. The number of amides is 1. The lowest BCUT2D eigenvalue weighted by molar-refractivity contribution is -0.137. The zero-order valence-electron chi connectivity index (χ0n) is 12.4. The summed E-state index contributed by atoms with van der Waals surface area (Å²) in [5.74, 6) is -0.870. The van der Waals surface area contributed by atoms with Crippen LogP contribution in [0.5, 0.6) is 0 Å². The summed E-state index contributed by atoms with van der Waals surface area (Å²) in [4.78, 5) is 22.8. The zero-order valence-corrected chi connectivity index (χ0v) is 14.0. The Bertz CT molecular complexity index is 473. The molecule has 1 amide bonds. The molecule has 1 aromatic rings. The van der Waals surface area contributed by atoms with Crippen LogP contribution in [-0.4, -0.2) is 23.0 Å². The van der Waals surface area contributed by atoms with Crippen molar-refractivity contribution in [1.29, 1.82) is 0 Å². The standard InChI is InChI=1S/C16H22BrNO3/c1-3-4-14(10-16(20)21)18-15(19)9-11(2)12-5-7-13(17)8-6-12/h5-8,11,14H,3-4,9-10H2,1-2H3,(H,18,19)(H,20,21). The molecule has 0 saturated heterocycles. The highest BCUT2D eigenvalue weighted by Crippen LogP contribution is 2.21. The quantitative estimate of drug-likeness (QED) is 0.746. The maximum atomic E-state index is 12.0. The van der Waals surface area contributed by atoms with Crippen molar-refractivity contribution in [3.05, 3.63) is 34.3 Å². The van der Waals surface area contributed by atoms with Gasteiger partial charge in [0.05, 0.1) is 6.42 Å². The number of hydrogen-bond donors (Lipinski definition) is 2. The fourth-order valence-electron chi connectivity index (χ4n) is 2.26. The van der Waals surface area contributed by atoms with Crippen molar-refractivity contribution < 1.29 is 14.7 Å². The zero-order chi connectivity index (χ0) is 15.8. The van der Waals surface area contributed by atoms with E-state index < -0.39 is 5.97 Å². The predicted molar refractivity (Wildman–Crippen MR) is 86.3 cm³/mol. The van der Waals surface area contributed by atoms with Gasteiger partial charge in [-0.3, -0.25) is 9.59 Å². The second-order valence-electron chi connectivity index (χ2n) is 5.31.